The van der Waals surface area contributed by atoms with E-state index >= 15 is 0 Å². The minimum atomic E-state index is -4.74. The first-order chi connectivity index (χ1) is 16.6. The molecule has 2 amide bonds. The highest BCUT2D eigenvalue weighted by Gasteiger charge is 2.51. The summed E-state index contributed by atoms with van der Waals surface area (Å²) in [6.07, 6.45) is 1.54. The average Bonchev–Trinajstić information content (AvgIpc) is 3.60. The second kappa shape index (κ2) is 9.28. The lowest BCUT2D eigenvalue weighted by molar-refractivity contribution is -0.137. The third-order valence-electron chi connectivity index (χ3n) is 5.53. The first-order valence-corrected chi connectivity index (χ1v) is 10.5. The molecule has 1 aromatic carbocycles. The van der Waals surface area contributed by atoms with Gasteiger partial charge in [-0.25, -0.2) is 14.4 Å². The number of hydrogen-bond donors (Lipinski definition) is 3. The Bertz CT molecular complexity index is 1260. The molecule has 1 aliphatic carbocycles. The van der Waals surface area contributed by atoms with Gasteiger partial charge >= 0.3 is 6.18 Å². The van der Waals surface area contributed by atoms with Crippen molar-refractivity contribution in [3.8, 4) is 0 Å². The highest BCUT2D eigenvalue weighted by molar-refractivity contribution is 6.00. The minimum Gasteiger partial charge on any atom is -0.354 e. The van der Waals surface area contributed by atoms with E-state index in [9.17, 15) is 27.2 Å². The first kappa shape index (κ1) is 24.0. The van der Waals surface area contributed by atoms with Crippen molar-refractivity contribution in [2.24, 2.45) is 0 Å². The van der Waals surface area contributed by atoms with Gasteiger partial charge in [-0.1, -0.05) is 0 Å². The summed E-state index contributed by atoms with van der Waals surface area (Å²) in [6.45, 7) is 1.75. The monoisotopic (exact) mass is 488 g/mol. The number of anilines is 2. The van der Waals surface area contributed by atoms with Gasteiger partial charge in [0.15, 0.2) is 0 Å². The Hall–Kier alpha value is -4.09. The molecule has 1 aliphatic rings. The van der Waals surface area contributed by atoms with Crippen molar-refractivity contribution in [2.45, 2.75) is 38.0 Å². The van der Waals surface area contributed by atoms with Gasteiger partial charge in [0.1, 0.15) is 17.7 Å². The summed E-state index contributed by atoms with van der Waals surface area (Å²) in [5, 5.41) is 8.07. The molecular weight excluding hydrogens is 468 g/mol. The van der Waals surface area contributed by atoms with Gasteiger partial charge in [0.25, 0.3) is 5.91 Å². The van der Waals surface area contributed by atoms with E-state index in [0.29, 0.717) is 30.2 Å². The molecule has 0 aliphatic heterocycles. The number of nitrogens with zero attached hydrogens (tertiary/aromatic N) is 3. The number of rotatable bonds is 7. The van der Waals surface area contributed by atoms with Gasteiger partial charge < -0.3 is 16.0 Å². The fourth-order valence-electron chi connectivity index (χ4n) is 3.44. The van der Waals surface area contributed by atoms with Crippen LogP contribution in [0.25, 0.3) is 0 Å². The van der Waals surface area contributed by atoms with E-state index in [2.05, 4.69) is 30.9 Å². The standard InChI is InChI=1S/C23H20F4N6O2/c1-13-6-16(32-18-3-2-15(24)7-17(18)23(25,26)27)10-30-19(13)11-31-21(35)22(4-5-22)33-20(34)14-8-28-12-29-9-14/h2-3,6-10,12,32H,4-5,11H2,1H3,(H,31,35)(H,33,34). The molecule has 1 fully saturated rings. The number of halogens is 4. The van der Waals surface area contributed by atoms with Crippen molar-refractivity contribution in [1.82, 2.24) is 25.6 Å². The highest BCUT2D eigenvalue weighted by Crippen LogP contribution is 2.37. The lowest BCUT2D eigenvalue weighted by atomic mass is 10.1. The maximum Gasteiger partial charge on any atom is 0.418 e. The number of carbonyl (C=O) groups is 2. The zero-order valence-corrected chi connectivity index (χ0v) is 18.4. The number of aryl methyl sites for hydroxylation is 1. The molecule has 8 nitrogen and oxygen atoms in total. The molecule has 2 heterocycles. The van der Waals surface area contributed by atoms with Crippen LogP contribution in [0, 0.1) is 12.7 Å². The Morgan fingerprint density at radius 2 is 1.80 bits per heavy atom. The Morgan fingerprint density at radius 3 is 2.43 bits per heavy atom. The van der Waals surface area contributed by atoms with Gasteiger partial charge in [0, 0.05) is 12.4 Å². The van der Waals surface area contributed by atoms with Crippen molar-refractivity contribution in [3.05, 3.63) is 77.4 Å². The van der Waals surface area contributed by atoms with Crippen LogP contribution in [0.5, 0.6) is 0 Å². The molecule has 0 saturated heterocycles. The molecule has 3 N–H and O–H groups in total. The lowest BCUT2D eigenvalue weighted by Gasteiger charge is -2.18. The van der Waals surface area contributed by atoms with Crippen molar-refractivity contribution >= 4 is 23.2 Å². The average molecular weight is 488 g/mol. The van der Waals surface area contributed by atoms with Crippen LogP contribution >= 0.6 is 0 Å². The topological polar surface area (TPSA) is 109 Å². The van der Waals surface area contributed by atoms with Crippen molar-refractivity contribution < 1.29 is 27.2 Å². The number of hydrogen-bond acceptors (Lipinski definition) is 6. The van der Waals surface area contributed by atoms with Crippen LogP contribution in [0.1, 0.15) is 40.0 Å². The van der Waals surface area contributed by atoms with E-state index < -0.39 is 29.0 Å². The van der Waals surface area contributed by atoms with Crippen LogP contribution in [0.3, 0.4) is 0 Å². The first-order valence-electron chi connectivity index (χ1n) is 10.5. The lowest BCUT2D eigenvalue weighted by Crippen LogP contribution is -2.48. The van der Waals surface area contributed by atoms with Gasteiger partial charge in [-0.2, -0.15) is 13.2 Å². The maximum absolute atomic E-state index is 13.3. The summed E-state index contributed by atoms with van der Waals surface area (Å²) in [4.78, 5) is 36.9. The van der Waals surface area contributed by atoms with E-state index in [0.717, 1.165) is 12.1 Å². The highest BCUT2D eigenvalue weighted by atomic mass is 19.4. The molecule has 182 valence electrons. The Labute approximate surface area is 197 Å². The summed E-state index contributed by atoms with van der Waals surface area (Å²) in [5.74, 6) is -1.82. The van der Waals surface area contributed by atoms with Crippen LogP contribution in [-0.2, 0) is 17.5 Å². The molecule has 1 saturated carbocycles. The third-order valence-corrected chi connectivity index (χ3v) is 5.53. The van der Waals surface area contributed by atoms with Crippen LogP contribution in [0.2, 0.25) is 0 Å². The molecule has 0 unspecified atom stereocenters. The predicted molar refractivity (Wildman–Crippen MR) is 117 cm³/mol. The number of benzene rings is 1. The normalized spacial score (nSPS) is 14.2. The van der Waals surface area contributed by atoms with E-state index in [1.165, 1.54) is 24.9 Å². The molecule has 0 spiro atoms. The van der Waals surface area contributed by atoms with Crippen molar-refractivity contribution in [2.75, 3.05) is 5.32 Å². The van der Waals surface area contributed by atoms with Gasteiger partial charge in [0.05, 0.1) is 40.9 Å². The minimum absolute atomic E-state index is 0.0569. The maximum atomic E-state index is 13.3. The second-order valence-corrected chi connectivity index (χ2v) is 8.15. The molecule has 2 aromatic heterocycles. The fraction of sp³-hybridized carbons (Fsp3) is 0.261. The van der Waals surface area contributed by atoms with Crippen LogP contribution in [-0.4, -0.2) is 32.3 Å². The van der Waals surface area contributed by atoms with Crippen molar-refractivity contribution in [3.63, 3.8) is 0 Å². The summed E-state index contributed by atoms with van der Waals surface area (Å²) < 4.78 is 53.0. The summed E-state index contributed by atoms with van der Waals surface area (Å²) in [7, 11) is 0. The zero-order chi connectivity index (χ0) is 25.2. The smallest absolute Gasteiger partial charge is 0.354 e. The summed E-state index contributed by atoms with van der Waals surface area (Å²) in [5.41, 5.74) is -0.841. The number of aromatic nitrogens is 3. The number of amides is 2. The van der Waals surface area contributed by atoms with Gasteiger partial charge in [-0.3, -0.25) is 14.6 Å². The van der Waals surface area contributed by atoms with Crippen LogP contribution in [0.4, 0.5) is 28.9 Å². The number of pyridine rings is 1. The molecule has 0 bridgehead atoms. The van der Waals surface area contributed by atoms with Crippen LogP contribution < -0.4 is 16.0 Å². The molecule has 35 heavy (non-hydrogen) atoms. The van der Waals surface area contributed by atoms with E-state index in [1.54, 1.807) is 13.0 Å². The van der Waals surface area contributed by atoms with Gasteiger partial charge in [-0.15, -0.1) is 0 Å². The van der Waals surface area contributed by atoms with Gasteiger partial charge in [-0.05, 0) is 49.6 Å². The van der Waals surface area contributed by atoms with E-state index in [4.69, 9.17) is 0 Å². The predicted octanol–water partition coefficient (Wildman–Crippen LogP) is 3.66. The third kappa shape index (κ3) is 5.53. The molecule has 0 atom stereocenters. The number of carbonyl (C=O) groups excluding carboxylic acids is 2. The van der Waals surface area contributed by atoms with Gasteiger partial charge in [0.2, 0.25) is 5.91 Å². The Morgan fingerprint density at radius 1 is 1.09 bits per heavy atom. The second-order valence-electron chi connectivity index (χ2n) is 8.15. The van der Waals surface area contributed by atoms with Crippen LogP contribution in [0.15, 0.2) is 49.2 Å². The van der Waals surface area contributed by atoms with E-state index in [1.807, 2.05) is 0 Å². The summed E-state index contributed by atoms with van der Waals surface area (Å²) >= 11 is 0. The van der Waals surface area contributed by atoms with E-state index in [-0.39, 0.29) is 29.4 Å². The molecule has 3 aromatic rings. The number of alkyl halides is 3. The fourth-order valence-corrected chi connectivity index (χ4v) is 3.44. The summed E-state index contributed by atoms with van der Waals surface area (Å²) in [6, 6.07) is 3.93. The van der Waals surface area contributed by atoms with Crippen molar-refractivity contribution in [1.29, 1.82) is 0 Å². The Balaban J connectivity index is 1.39. The molecule has 0 radical (unpaired) electrons. The molecule has 4 rings (SSSR count). The quantitative estimate of drug-likeness (QED) is 0.438. The SMILES string of the molecule is Cc1cc(Nc2ccc(F)cc2C(F)(F)F)cnc1CNC(=O)C1(NC(=O)c2cncnc2)CC1. The molecule has 12 heteroatoms. The Kier molecular flexibility index (Phi) is 6.37. The largest absolute Gasteiger partial charge is 0.418 e. The zero-order valence-electron chi connectivity index (χ0n) is 18.4. The molecular formula is C23H20F4N6O2. The number of nitrogens with one attached hydrogen (secondary N) is 3.